The third-order valence-corrected chi connectivity index (χ3v) is 6.80. The van der Waals surface area contributed by atoms with Crippen LogP contribution in [0.2, 0.25) is 0 Å². The number of Topliss-reactive ketones (excluding diaryl/α,β-unsaturated/α-hetero) is 1. The minimum absolute atomic E-state index is 0.0838. The van der Waals surface area contributed by atoms with E-state index in [0.717, 1.165) is 18.8 Å². The molecule has 3 N–H and O–H groups in total. The van der Waals surface area contributed by atoms with Gasteiger partial charge in [0, 0.05) is 6.42 Å². The second-order valence-corrected chi connectivity index (χ2v) is 9.61. The fourth-order valence-corrected chi connectivity index (χ4v) is 5.24. The van der Waals surface area contributed by atoms with Gasteiger partial charge in [-0.3, -0.25) is 4.79 Å². The molecule has 0 bridgehead atoms. The highest BCUT2D eigenvalue weighted by Crippen LogP contribution is 2.46. The molecule has 0 aromatic rings. The van der Waals surface area contributed by atoms with Crippen molar-refractivity contribution < 1.29 is 24.9 Å². The Morgan fingerprint density at radius 2 is 1.86 bits per heavy atom. The number of unbranched alkanes of at least 4 members (excludes halogenated alkanes) is 1. The van der Waals surface area contributed by atoms with E-state index in [4.69, 9.17) is 9.84 Å². The molecular weight excluding hydrogens is 356 g/mol. The van der Waals surface area contributed by atoms with Crippen LogP contribution in [-0.4, -0.2) is 39.9 Å². The Labute approximate surface area is 170 Å². The SMILES string of the molecule is CCCC(C)(C)CCCC[C@H]1CC[C@@H]2OC(CCC(O)=C(O)C(=O)CO)C[C@H]12. The molecule has 0 spiro atoms. The second-order valence-electron chi connectivity index (χ2n) is 9.61. The summed E-state index contributed by atoms with van der Waals surface area (Å²) in [6, 6.07) is 0. The highest BCUT2D eigenvalue weighted by Gasteiger charge is 2.43. The van der Waals surface area contributed by atoms with Crippen LogP contribution in [0.4, 0.5) is 0 Å². The molecule has 162 valence electrons. The monoisotopic (exact) mass is 396 g/mol. The van der Waals surface area contributed by atoms with Crippen molar-refractivity contribution in [3.63, 3.8) is 0 Å². The van der Waals surface area contributed by atoms with Gasteiger partial charge >= 0.3 is 0 Å². The average molecular weight is 397 g/mol. The van der Waals surface area contributed by atoms with E-state index in [1.54, 1.807) is 0 Å². The Bertz CT molecular complexity index is 539. The molecule has 1 saturated heterocycles. The summed E-state index contributed by atoms with van der Waals surface area (Å²) in [5.74, 6) is -0.537. The molecule has 5 nitrogen and oxygen atoms in total. The Morgan fingerprint density at radius 3 is 2.54 bits per heavy atom. The highest BCUT2D eigenvalue weighted by molar-refractivity contribution is 5.94. The van der Waals surface area contributed by atoms with E-state index in [9.17, 15) is 15.0 Å². The van der Waals surface area contributed by atoms with Crippen molar-refractivity contribution in [3.05, 3.63) is 11.5 Å². The fourth-order valence-electron chi connectivity index (χ4n) is 5.24. The summed E-state index contributed by atoms with van der Waals surface area (Å²) in [7, 11) is 0. The Hall–Kier alpha value is -1.07. The van der Waals surface area contributed by atoms with E-state index in [1.807, 2.05) is 0 Å². The van der Waals surface area contributed by atoms with E-state index >= 15 is 0 Å². The maximum Gasteiger partial charge on any atom is 0.225 e. The summed E-state index contributed by atoms with van der Waals surface area (Å²) in [5.41, 5.74) is 0.465. The first-order valence-electron chi connectivity index (χ1n) is 11.2. The van der Waals surface area contributed by atoms with Crippen LogP contribution in [0.1, 0.15) is 91.4 Å². The van der Waals surface area contributed by atoms with Gasteiger partial charge in [-0.25, -0.2) is 0 Å². The number of ketones is 1. The highest BCUT2D eigenvalue weighted by atomic mass is 16.5. The van der Waals surface area contributed by atoms with Crippen molar-refractivity contribution in [1.29, 1.82) is 0 Å². The number of aliphatic hydroxyl groups is 3. The van der Waals surface area contributed by atoms with Gasteiger partial charge in [0.15, 0.2) is 5.76 Å². The number of fused-ring (bicyclic) bond motifs is 1. The number of hydrogen-bond acceptors (Lipinski definition) is 5. The number of carbonyl (C=O) groups is 1. The van der Waals surface area contributed by atoms with Gasteiger partial charge in [-0.2, -0.15) is 0 Å². The molecule has 1 unspecified atom stereocenters. The van der Waals surface area contributed by atoms with Gasteiger partial charge in [0.25, 0.3) is 0 Å². The molecule has 1 heterocycles. The molecule has 2 fully saturated rings. The Balaban J connectivity index is 1.72. The summed E-state index contributed by atoms with van der Waals surface area (Å²) >= 11 is 0. The second kappa shape index (κ2) is 10.6. The summed E-state index contributed by atoms with van der Waals surface area (Å²) in [4.78, 5) is 11.2. The first kappa shape index (κ1) is 23.2. The summed E-state index contributed by atoms with van der Waals surface area (Å²) in [6.07, 6.45) is 12.4. The number of ether oxygens (including phenoxy) is 1. The number of hydrogen-bond donors (Lipinski definition) is 3. The van der Waals surface area contributed by atoms with Crippen LogP contribution in [0.25, 0.3) is 0 Å². The molecule has 0 aromatic heterocycles. The van der Waals surface area contributed by atoms with E-state index < -0.39 is 18.1 Å². The van der Waals surface area contributed by atoms with Gasteiger partial charge in [0.05, 0.1) is 12.2 Å². The van der Waals surface area contributed by atoms with E-state index in [2.05, 4.69) is 20.8 Å². The van der Waals surface area contributed by atoms with Crippen molar-refractivity contribution in [2.24, 2.45) is 17.3 Å². The smallest absolute Gasteiger partial charge is 0.225 e. The zero-order valence-corrected chi connectivity index (χ0v) is 18.0. The number of allylic oxidation sites excluding steroid dienone is 1. The van der Waals surface area contributed by atoms with Crippen molar-refractivity contribution in [2.45, 2.75) is 104 Å². The standard InChI is InChI=1S/C23H40O5/c1-4-12-23(2,3)13-6-5-7-16-8-11-21-18(16)14-17(28-21)9-10-19(25)22(27)20(26)15-24/h16-18,21,24-25,27H,4-15H2,1-3H3/t16-,17?,18+,21-/m0/s1. The predicted molar refractivity (Wildman–Crippen MR) is 110 cm³/mol. The third kappa shape index (κ3) is 6.48. The van der Waals surface area contributed by atoms with E-state index in [0.29, 0.717) is 23.9 Å². The molecule has 5 heteroatoms. The largest absolute Gasteiger partial charge is 0.508 e. The molecule has 1 saturated carbocycles. The van der Waals surface area contributed by atoms with Gasteiger partial charge in [0.2, 0.25) is 5.78 Å². The van der Waals surface area contributed by atoms with Crippen LogP contribution in [0.5, 0.6) is 0 Å². The number of rotatable bonds is 12. The predicted octanol–water partition coefficient (Wildman–Crippen LogP) is 5.23. The lowest BCUT2D eigenvalue weighted by atomic mass is 9.81. The molecule has 1 aliphatic heterocycles. The lowest BCUT2D eigenvalue weighted by Crippen LogP contribution is -2.14. The molecule has 0 amide bonds. The first-order chi connectivity index (χ1) is 13.3. The van der Waals surface area contributed by atoms with E-state index in [-0.39, 0.29) is 18.3 Å². The minimum atomic E-state index is -0.844. The van der Waals surface area contributed by atoms with Gasteiger partial charge in [-0.05, 0) is 55.8 Å². The van der Waals surface area contributed by atoms with Crippen LogP contribution >= 0.6 is 0 Å². The quantitative estimate of drug-likeness (QED) is 0.239. The van der Waals surface area contributed by atoms with Crippen LogP contribution < -0.4 is 0 Å². The third-order valence-electron chi connectivity index (χ3n) is 6.80. The van der Waals surface area contributed by atoms with Gasteiger partial charge in [-0.1, -0.05) is 46.5 Å². The summed E-state index contributed by atoms with van der Waals surface area (Å²) in [5, 5.41) is 28.1. The van der Waals surface area contributed by atoms with Crippen LogP contribution in [0.3, 0.4) is 0 Å². The van der Waals surface area contributed by atoms with Crippen LogP contribution in [-0.2, 0) is 9.53 Å². The maximum absolute atomic E-state index is 11.2. The number of carbonyl (C=O) groups excluding carboxylic acids is 1. The van der Waals surface area contributed by atoms with E-state index in [1.165, 1.54) is 44.9 Å². The molecule has 4 atom stereocenters. The van der Waals surface area contributed by atoms with Crippen molar-refractivity contribution in [3.8, 4) is 0 Å². The topological polar surface area (TPSA) is 87.0 Å². The van der Waals surface area contributed by atoms with Crippen molar-refractivity contribution >= 4 is 5.78 Å². The van der Waals surface area contributed by atoms with Crippen molar-refractivity contribution in [2.75, 3.05) is 6.61 Å². The van der Waals surface area contributed by atoms with Gasteiger partial charge < -0.3 is 20.1 Å². The van der Waals surface area contributed by atoms with Crippen molar-refractivity contribution in [1.82, 2.24) is 0 Å². The average Bonchev–Trinajstić information content (AvgIpc) is 3.22. The van der Waals surface area contributed by atoms with Crippen LogP contribution in [0, 0.1) is 17.3 Å². The van der Waals surface area contributed by atoms with Crippen LogP contribution in [0.15, 0.2) is 11.5 Å². The van der Waals surface area contributed by atoms with Gasteiger partial charge in [-0.15, -0.1) is 0 Å². The zero-order chi connectivity index (χ0) is 20.7. The molecule has 1 aliphatic carbocycles. The zero-order valence-electron chi connectivity index (χ0n) is 18.0. The Kier molecular flexibility index (Phi) is 8.81. The van der Waals surface area contributed by atoms with Gasteiger partial charge in [0.1, 0.15) is 12.4 Å². The molecule has 28 heavy (non-hydrogen) atoms. The normalized spacial score (nSPS) is 28.3. The molecule has 0 aromatic carbocycles. The minimum Gasteiger partial charge on any atom is -0.508 e. The lowest BCUT2D eigenvalue weighted by Gasteiger charge is -2.24. The molecule has 2 aliphatic rings. The number of aliphatic hydroxyl groups excluding tert-OH is 3. The first-order valence-corrected chi connectivity index (χ1v) is 11.2. The molecule has 0 radical (unpaired) electrons. The molecular formula is C23H40O5. The summed E-state index contributed by atoms with van der Waals surface area (Å²) in [6.45, 7) is 6.23. The molecule has 2 rings (SSSR count). The fraction of sp³-hybridized carbons (Fsp3) is 0.870. The Morgan fingerprint density at radius 1 is 1.11 bits per heavy atom. The lowest BCUT2D eigenvalue weighted by molar-refractivity contribution is -0.120. The summed E-state index contributed by atoms with van der Waals surface area (Å²) < 4.78 is 6.18. The maximum atomic E-state index is 11.2.